The van der Waals surface area contributed by atoms with Gasteiger partial charge in [0, 0.05) is 11.6 Å². The zero-order valence-electron chi connectivity index (χ0n) is 18.3. The van der Waals surface area contributed by atoms with E-state index < -0.39 is 12.3 Å². The molecule has 1 N–H and O–H groups in total. The Kier molecular flexibility index (Phi) is 6.81. The Morgan fingerprint density at radius 3 is 2.03 bits per heavy atom. The van der Waals surface area contributed by atoms with Gasteiger partial charge in [0.1, 0.15) is 17.2 Å². The van der Waals surface area contributed by atoms with E-state index >= 15 is 0 Å². The van der Waals surface area contributed by atoms with E-state index in [1.54, 1.807) is 18.2 Å². The standard InChI is InChI=1S/C26H23F3O4/c1-25(2,3)18-9-13-19(14-10-18)32-23-6-4-5-21(22(23)15-16-24(30)31)17-7-11-20(12-8-17)33-26(27,28)29/h4-16H,1-3H3,(H,30,31)/b16-15+. The molecule has 0 heterocycles. The molecule has 0 saturated heterocycles. The lowest BCUT2D eigenvalue weighted by Crippen LogP contribution is -2.16. The predicted molar refractivity (Wildman–Crippen MR) is 120 cm³/mol. The van der Waals surface area contributed by atoms with Gasteiger partial charge in [0.05, 0.1) is 0 Å². The molecular formula is C26H23F3O4. The van der Waals surface area contributed by atoms with Crippen molar-refractivity contribution in [3.05, 3.63) is 83.9 Å². The normalized spacial score (nSPS) is 12.1. The SMILES string of the molecule is CC(C)(C)c1ccc(Oc2cccc(-c3ccc(OC(F)(F)F)cc3)c2/C=C/C(=O)O)cc1. The van der Waals surface area contributed by atoms with E-state index in [9.17, 15) is 18.0 Å². The first-order valence-electron chi connectivity index (χ1n) is 10.1. The van der Waals surface area contributed by atoms with Crippen LogP contribution in [0.4, 0.5) is 13.2 Å². The molecule has 0 aromatic heterocycles. The molecule has 0 spiro atoms. The van der Waals surface area contributed by atoms with Crippen LogP contribution in [-0.2, 0) is 10.2 Å². The minimum absolute atomic E-state index is 0.0180. The summed E-state index contributed by atoms with van der Waals surface area (Å²) in [5.74, 6) is -0.511. The van der Waals surface area contributed by atoms with Crippen LogP contribution in [0.2, 0.25) is 0 Å². The van der Waals surface area contributed by atoms with E-state index in [4.69, 9.17) is 9.84 Å². The van der Waals surface area contributed by atoms with Gasteiger partial charge in [-0.2, -0.15) is 0 Å². The fourth-order valence-corrected chi connectivity index (χ4v) is 3.20. The fraction of sp³-hybridized carbons (Fsp3) is 0.192. The highest BCUT2D eigenvalue weighted by molar-refractivity contribution is 5.89. The number of benzene rings is 3. The second-order valence-corrected chi connectivity index (χ2v) is 8.34. The van der Waals surface area contributed by atoms with Gasteiger partial charge in [-0.15, -0.1) is 13.2 Å². The third-order valence-electron chi connectivity index (χ3n) is 4.81. The van der Waals surface area contributed by atoms with Crippen LogP contribution in [0.25, 0.3) is 17.2 Å². The van der Waals surface area contributed by atoms with Crippen LogP contribution in [0.15, 0.2) is 72.8 Å². The number of carboxylic acids is 1. The summed E-state index contributed by atoms with van der Waals surface area (Å²) in [4.78, 5) is 11.1. The highest BCUT2D eigenvalue weighted by atomic mass is 19.4. The van der Waals surface area contributed by atoms with Crippen molar-refractivity contribution in [3.63, 3.8) is 0 Å². The molecule has 0 radical (unpaired) electrons. The summed E-state index contributed by atoms with van der Waals surface area (Å²) in [6, 6.07) is 18.1. The van der Waals surface area contributed by atoms with Crippen LogP contribution in [0.5, 0.6) is 17.2 Å². The van der Waals surface area contributed by atoms with E-state index in [2.05, 4.69) is 25.5 Å². The lowest BCUT2D eigenvalue weighted by Gasteiger charge is -2.19. The van der Waals surface area contributed by atoms with Gasteiger partial charge in [-0.05, 0) is 58.5 Å². The zero-order chi connectivity index (χ0) is 24.2. The van der Waals surface area contributed by atoms with E-state index in [1.807, 2.05) is 24.3 Å². The molecule has 0 aliphatic heterocycles. The third-order valence-corrected chi connectivity index (χ3v) is 4.81. The molecule has 33 heavy (non-hydrogen) atoms. The van der Waals surface area contributed by atoms with Gasteiger partial charge in [0.2, 0.25) is 0 Å². The maximum absolute atomic E-state index is 12.5. The van der Waals surface area contributed by atoms with Crippen molar-refractivity contribution >= 4 is 12.0 Å². The Morgan fingerprint density at radius 2 is 1.48 bits per heavy atom. The first-order valence-corrected chi connectivity index (χ1v) is 10.1. The average molecular weight is 456 g/mol. The van der Waals surface area contributed by atoms with Crippen LogP contribution in [0.1, 0.15) is 31.9 Å². The maximum Gasteiger partial charge on any atom is 0.573 e. The summed E-state index contributed by atoms with van der Waals surface area (Å²) in [5, 5.41) is 9.12. The molecule has 3 aromatic carbocycles. The molecular weight excluding hydrogens is 433 g/mol. The molecule has 3 rings (SSSR count). The fourth-order valence-electron chi connectivity index (χ4n) is 3.20. The van der Waals surface area contributed by atoms with Crippen LogP contribution in [0.3, 0.4) is 0 Å². The van der Waals surface area contributed by atoms with Crippen molar-refractivity contribution in [1.82, 2.24) is 0 Å². The first-order chi connectivity index (χ1) is 15.4. The number of rotatable bonds is 6. The van der Waals surface area contributed by atoms with E-state index in [0.29, 0.717) is 28.2 Å². The molecule has 0 aliphatic carbocycles. The number of carbonyl (C=O) groups is 1. The molecule has 3 aromatic rings. The Balaban J connectivity index is 1.98. The average Bonchev–Trinajstić information content (AvgIpc) is 2.72. The molecule has 0 unspecified atom stereocenters. The first kappa shape index (κ1) is 23.9. The number of alkyl halides is 3. The molecule has 0 atom stereocenters. The number of carboxylic acid groups (broad SMARTS) is 1. The van der Waals surface area contributed by atoms with Crippen molar-refractivity contribution in [2.24, 2.45) is 0 Å². The number of hydrogen-bond donors (Lipinski definition) is 1. The Hall–Kier alpha value is -3.74. The Bertz CT molecular complexity index is 1140. The van der Waals surface area contributed by atoms with Crippen LogP contribution >= 0.6 is 0 Å². The Morgan fingerprint density at radius 1 is 0.879 bits per heavy atom. The van der Waals surface area contributed by atoms with Crippen molar-refractivity contribution in [1.29, 1.82) is 0 Å². The highest BCUT2D eigenvalue weighted by Gasteiger charge is 2.31. The number of aliphatic carboxylic acids is 1. The molecule has 172 valence electrons. The van der Waals surface area contributed by atoms with Gasteiger partial charge in [0.15, 0.2) is 0 Å². The van der Waals surface area contributed by atoms with Gasteiger partial charge < -0.3 is 14.6 Å². The largest absolute Gasteiger partial charge is 0.573 e. The summed E-state index contributed by atoms with van der Waals surface area (Å²) in [6.07, 6.45) is -2.40. The van der Waals surface area contributed by atoms with Gasteiger partial charge in [-0.1, -0.05) is 57.2 Å². The summed E-state index contributed by atoms with van der Waals surface area (Å²) >= 11 is 0. The second kappa shape index (κ2) is 9.40. The van der Waals surface area contributed by atoms with Crippen molar-refractivity contribution < 1.29 is 32.5 Å². The number of hydrogen-bond acceptors (Lipinski definition) is 3. The Labute approximate surface area is 189 Å². The molecule has 0 saturated carbocycles. The van der Waals surface area contributed by atoms with Gasteiger partial charge in [-0.25, -0.2) is 4.79 Å². The summed E-state index contributed by atoms with van der Waals surface area (Å²) < 4.78 is 47.3. The molecule has 0 fully saturated rings. The van der Waals surface area contributed by atoms with Crippen LogP contribution in [-0.4, -0.2) is 17.4 Å². The van der Waals surface area contributed by atoms with E-state index in [1.165, 1.54) is 30.3 Å². The highest BCUT2D eigenvalue weighted by Crippen LogP contribution is 2.36. The van der Waals surface area contributed by atoms with Gasteiger partial charge >= 0.3 is 12.3 Å². The number of ether oxygens (including phenoxy) is 2. The smallest absolute Gasteiger partial charge is 0.478 e. The molecule has 4 nitrogen and oxygen atoms in total. The molecule has 7 heteroatoms. The number of halogens is 3. The minimum Gasteiger partial charge on any atom is -0.478 e. The molecule has 0 aliphatic rings. The lowest BCUT2D eigenvalue weighted by molar-refractivity contribution is -0.274. The minimum atomic E-state index is -4.78. The second-order valence-electron chi connectivity index (χ2n) is 8.34. The van der Waals surface area contributed by atoms with Crippen LogP contribution in [0, 0.1) is 0 Å². The van der Waals surface area contributed by atoms with Crippen molar-refractivity contribution in [2.45, 2.75) is 32.5 Å². The van der Waals surface area contributed by atoms with Gasteiger partial charge in [0.25, 0.3) is 0 Å². The zero-order valence-corrected chi connectivity index (χ0v) is 18.3. The van der Waals surface area contributed by atoms with E-state index in [0.717, 1.165) is 11.6 Å². The van der Waals surface area contributed by atoms with Crippen molar-refractivity contribution in [3.8, 4) is 28.4 Å². The monoisotopic (exact) mass is 456 g/mol. The van der Waals surface area contributed by atoms with Crippen molar-refractivity contribution in [2.75, 3.05) is 0 Å². The molecule has 0 bridgehead atoms. The maximum atomic E-state index is 12.5. The lowest BCUT2D eigenvalue weighted by atomic mass is 9.87. The third kappa shape index (κ3) is 6.62. The summed E-state index contributed by atoms with van der Waals surface area (Å²) in [7, 11) is 0. The van der Waals surface area contributed by atoms with E-state index in [-0.39, 0.29) is 11.2 Å². The topological polar surface area (TPSA) is 55.8 Å². The quantitative estimate of drug-likeness (QED) is 0.392. The molecule has 0 amide bonds. The van der Waals surface area contributed by atoms with Gasteiger partial charge in [-0.3, -0.25) is 0 Å². The summed E-state index contributed by atoms with van der Waals surface area (Å²) in [6.45, 7) is 6.31. The predicted octanol–water partition coefficient (Wildman–Crippen LogP) is 7.44. The van der Waals surface area contributed by atoms with Crippen LogP contribution < -0.4 is 9.47 Å². The summed E-state index contributed by atoms with van der Waals surface area (Å²) in [5.41, 5.74) is 2.76.